The topological polar surface area (TPSA) is 33.1 Å². The van der Waals surface area contributed by atoms with Crippen molar-refractivity contribution in [3.05, 3.63) is 77.6 Å². The molecule has 1 heterocycles. The van der Waals surface area contributed by atoms with Crippen LogP contribution in [-0.2, 0) is 6.42 Å². The lowest BCUT2D eigenvalue weighted by molar-refractivity contribution is 0.174. The maximum Gasteiger partial charge on any atom is 0.126 e. The number of rotatable bonds is 3. The lowest BCUT2D eigenvalue weighted by Gasteiger charge is -2.13. The van der Waals surface area contributed by atoms with E-state index < -0.39 is 17.7 Å². The highest BCUT2D eigenvalue weighted by atomic mass is 19.1. The summed E-state index contributed by atoms with van der Waals surface area (Å²) in [6.07, 6.45) is 0.584. The third-order valence-electron chi connectivity index (χ3n) is 3.44. The van der Waals surface area contributed by atoms with Crippen LogP contribution in [0.25, 0.3) is 10.8 Å². The van der Waals surface area contributed by atoms with Crippen molar-refractivity contribution in [2.45, 2.75) is 12.5 Å². The highest BCUT2D eigenvalue weighted by Crippen LogP contribution is 2.25. The molecule has 4 heteroatoms. The van der Waals surface area contributed by atoms with Gasteiger partial charge in [-0.15, -0.1) is 0 Å². The number of benzene rings is 2. The summed E-state index contributed by atoms with van der Waals surface area (Å²) in [7, 11) is 0. The van der Waals surface area contributed by atoms with E-state index in [-0.39, 0.29) is 12.0 Å². The van der Waals surface area contributed by atoms with E-state index in [0.29, 0.717) is 5.69 Å². The molecule has 1 unspecified atom stereocenters. The summed E-state index contributed by atoms with van der Waals surface area (Å²) in [5.74, 6) is -1.06. The summed E-state index contributed by atoms with van der Waals surface area (Å²) < 4.78 is 26.9. The summed E-state index contributed by atoms with van der Waals surface area (Å²) in [6.45, 7) is 0. The number of aliphatic hydroxyl groups excluding tert-OH is 1. The Hall–Kier alpha value is -2.33. The fraction of sp³-hybridized carbons (Fsp3) is 0.118. The van der Waals surface area contributed by atoms with Crippen LogP contribution in [0.4, 0.5) is 8.78 Å². The molecule has 1 aromatic heterocycles. The molecule has 21 heavy (non-hydrogen) atoms. The molecule has 106 valence electrons. The number of fused-ring (bicyclic) bond motifs is 1. The Morgan fingerprint density at radius 1 is 1.05 bits per heavy atom. The first-order valence-electron chi connectivity index (χ1n) is 6.61. The van der Waals surface area contributed by atoms with Crippen LogP contribution in [0, 0.1) is 11.6 Å². The van der Waals surface area contributed by atoms with Gasteiger partial charge in [0.15, 0.2) is 0 Å². The molecule has 1 N–H and O–H groups in total. The van der Waals surface area contributed by atoms with E-state index in [4.69, 9.17) is 0 Å². The van der Waals surface area contributed by atoms with E-state index in [9.17, 15) is 13.9 Å². The summed E-state index contributed by atoms with van der Waals surface area (Å²) in [5.41, 5.74) is 0.606. The van der Waals surface area contributed by atoms with E-state index in [1.54, 1.807) is 6.20 Å². The van der Waals surface area contributed by atoms with Crippen LogP contribution in [0.15, 0.2) is 54.7 Å². The Kier molecular flexibility index (Phi) is 3.62. The maximum absolute atomic E-state index is 13.7. The fourth-order valence-electron chi connectivity index (χ4n) is 2.41. The second-order valence-corrected chi connectivity index (χ2v) is 4.87. The predicted octanol–water partition coefficient (Wildman–Crippen LogP) is 3.79. The zero-order valence-corrected chi connectivity index (χ0v) is 11.1. The minimum atomic E-state index is -0.993. The van der Waals surface area contributed by atoms with Gasteiger partial charge in [-0.05, 0) is 35.2 Å². The SMILES string of the molecule is OC(Cc1cc(F)ccc1F)c1nccc2ccccc12. The second-order valence-electron chi connectivity index (χ2n) is 4.87. The molecule has 0 aliphatic carbocycles. The molecule has 0 amide bonds. The van der Waals surface area contributed by atoms with Crippen molar-refractivity contribution in [2.75, 3.05) is 0 Å². The van der Waals surface area contributed by atoms with E-state index in [1.165, 1.54) is 0 Å². The summed E-state index contributed by atoms with van der Waals surface area (Å²) in [6, 6.07) is 12.6. The highest BCUT2D eigenvalue weighted by Gasteiger charge is 2.16. The van der Waals surface area contributed by atoms with Gasteiger partial charge in [-0.1, -0.05) is 24.3 Å². The molecule has 0 bridgehead atoms. The molecule has 0 radical (unpaired) electrons. The van der Waals surface area contributed by atoms with E-state index in [0.717, 1.165) is 29.0 Å². The van der Waals surface area contributed by atoms with Crippen LogP contribution in [0.1, 0.15) is 17.4 Å². The maximum atomic E-state index is 13.7. The second kappa shape index (κ2) is 5.58. The Bertz CT molecular complexity index is 783. The quantitative estimate of drug-likeness (QED) is 0.794. The van der Waals surface area contributed by atoms with E-state index in [2.05, 4.69) is 4.98 Å². The van der Waals surface area contributed by atoms with Crippen LogP contribution in [0.5, 0.6) is 0 Å². The molecule has 3 aromatic rings. The number of nitrogens with zero attached hydrogens (tertiary/aromatic N) is 1. The van der Waals surface area contributed by atoms with Crippen molar-refractivity contribution in [1.82, 2.24) is 4.98 Å². The van der Waals surface area contributed by atoms with Gasteiger partial charge in [0.1, 0.15) is 17.7 Å². The largest absolute Gasteiger partial charge is 0.386 e. The first-order chi connectivity index (χ1) is 10.1. The predicted molar refractivity (Wildman–Crippen MR) is 76.8 cm³/mol. The molecular formula is C17H13F2NO. The smallest absolute Gasteiger partial charge is 0.126 e. The van der Waals surface area contributed by atoms with Gasteiger partial charge in [-0.2, -0.15) is 0 Å². The minimum Gasteiger partial charge on any atom is -0.386 e. The number of aliphatic hydroxyl groups is 1. The van der Waals surface area contributed by atoms with Crippen molar-refractivity contribution in [3.63, 3.8) is 0 Å². The number of hydrogen-bond donors (Lipinski definition) is 1. The third-order valence-corrected chi connectivity index (χ3v) is 3.44. The number of halogens is 2. The Labute approximate surface area is 120 Å². The normalized spacial score (nSPS) is 12.5. The standard InChI is InChI=1S/C17H13F2NO/c18-13-5-6-15(19)12(9-13)10-16(21)17-14-4-2-1-3-11(14)7-8-20-17/h1-9,16,21H,10H2. The zero-order chi connectivity index (χ0) is 14.8. The van der Waals surface area contributed by atoms with Crippen LogP contribution < -0.4 is 0 Å². The van der Waals surface area contributed by atoms with Gasteiger partial charge in [-0.3, -0.25) is 4.98 Å². The molecule has 2 aromatic carbocycles. The first kappa shape index (κ1) is 13.6. The summed E-state index contributed by atoms with van der Waals surface area (Å²) in [5, 5.41) is 12.1. The summed E-state index contributed by atoms with van der Waals surface area (Å²) in [4.78, 5) is 4.19. The van der Waals surface area contributed by atoms with Crippen molar-refractivity contribution in [2.24, 2.45) is 0 Å². The van der Waals surface area contributed by atoms with Gasteiger partial charge in [0.25, 0.3) is 0 Å². The molecule has 0 saturated carbocycles. The lowest BCUT2D eigenvalue weighted by Crippen LogP contribution is -2.06. The van der Waals surface area contributed by atoms with E-state index >= 15 is 0 Å². The van der Waals surface area contributed by atoms with Crippen LogP contribution in [-0.4, -0.2) is 10.1 Å². The van der Waals surface area contributed by atoms with Crippen molar-refractivity contribution >= 4 is 10.8 Å². The molecule has 3 rings (SSSR count). The Morgan fingerprint density at radius 3 is 2.71 bits per heavy atom. The van der Waals surface area contributed by atoms with Crippen molar-refractivity contribution in [1.29, 1.82) is 0 Å². The van der Waals surface area contributed by atoms with Gasteiger partial charge in [0.05, 0.1) is 5.69 Å². The van der Waals surface area contributed by atoms with Crippen LogP contribution >= 0.6 is 0 Å². The van der Waals surface area contributed by atoms with Gasteiger partial charge in [0, 0.05) is 18.0 Å². The van der Waals surface area contributed by atoms with Gasteiger partial charge >= 0.3 is 0 Å². The molecule has 1 atom stereocenters. The Balaban J connectivity index is 1.97. The van der Waals surface area contributed by atoms with Gasteiger partial charge < -0.3 is 5.11 Å². The van der Waals surface area contributed by atoms with Gasteiger partial charge in [0.2, 0.25) is 0 Å². The zero-order valence-electron chi connectivity index (χ0n) is 11.1. The fourth-order valence-corrected chi connectivity index (χ4v) is 2.41. The Morgan fingerprint density at radius 2 is 1.86 bits per heavy atom. The van der Waals surface area contributed by atoms with Crippen molar-refractivity contribution < 1.29 is 13.9 Å². The molecule has 0 aliphatic heterocycles. The lowest BCUT2D eigenvalue weighted by atomic mass is 10.0. The average molecular weight is 285 g/mol. The molecule has 2 nitrogen and oxygen atoms in total. The minimum absolute atomic E-state index is 0.0232. The van der Waals surface area contributed by atoms with Gasteiger partial charge in [-0.25, -0.2) is 8.78 Å². The molecule has 0 aliphatic rings. The van der Waals surface area contributed by atoms with Crippen LogP contribution in [0.3, 0.4) is 0 Å². The third kappa shape index (κ3) is 2.76. The van der Waals surface area contributed by atoms with Crippen molar-refractivity contribution in [3.8, 4) is 0 Å². The number of pyridine rings is 1. The average Bonchev–Trinajstić information content (AvgIpc) is 2.50. The molecule has 0 saturated heterocycles. The summed E-state index contributed by atoms with van der Waals surface area (Å²) >= 11 is 0. The molecule has 0 fully saturated rings. The highest BCUT2D eigenvalue weighted by molar-refractivity contribution is 5.84. The molecular weight excluding hydrogens is 272 g/mol. The number of aromatic nitrogens is 1. The van der Waals surface area contributed by atoms with E-state index in [1.807, 2.05) is 30.3 Å². The van der Waals surface area contributed by atoms with Crippen LogP contribution in [0.2, 0.25) is 0 Å². The monoisotopic (exact) mass is 285 g/mol. The first-order valence-corrected chi connectivity index (χ1v) is 6.61. The molecule has 0 spiro atoms. The number of hydrogen-bond acceptors (Lipinski definition) is 2.